The van der Waals surface area contributed by atoms with Gasteiger partial charge in [-0.2, -0.15) is 0 Å². The van der Waals surface area contributed by atoms with Gasteiger partial charge in [-0.25, -0.2) is 9.37 Å². The minimum absolute atomic E-state index is 0.130. The Morgan fingerprint density at radius 3 is 2.68 bits per heavy atom. The van der Waals surface area contributed by atoms with Gasteiger partial charge >= 0.3 is 0 Å². The van der Waals surface area contributed by atoms with Crippen molar-refractivity contribution in [3.63, 3.8) is 0 Å². The summed E-state index contributed by atoms with van der Waals surface area (Å²) in [6.45, 7) is 3.50. The maximum absolute atomic E-state index is 13.4. The Hall–Kier alpha value is -3.00. The zero-order chi connectivity index (χ0) is 23.8. The fourth-order valence-corrected chi connectivity index (χ4v) is 4.71. The van der Waals surface area contributed by atoms with E-state index in [2.05, 4.69) is 27.0 Å². The van der Waals surface area contributed by atoms with E-state index in [0.29, 0.717) is 18.1 Å². The summed E-state index contributed by atoms with van der Waals surface area (Å²) in [6, 6.07) is 14.6. The van der Waals surface area contributed by atoms with Crippen molar-refractivity contribution in [2.75, 3.05) is 12.3 Å². The average Bonchev–Trinajstić information content (AvgIpc) is 3.16. The molecule has 2 heterocycles. The van der Waals surface area contributed by atoms with Crippen LogP contribution in [0, 0.1) is 5.82 Å². The van der Waals surface area contributed by atoms with Crippen molar-refractivity contribution < 1.29 is 9.18 Å². The van der Waals surface area contributed by atoms with E-state index in [-0.39, 0.29) is 11.7 Å². The van der Waals surface area contributed by atoms with Gasteiger partial charge in [0, 0.05) is 30.6 Å². The maximum atomic E-state index is 13.4. The van der Waals surface area contributed by atoms with Crippen LogP contribution >= 0.6 is 11.8 Å². The van der Waals surface area contributed by atoms with Gasteiger partial charge in [-0.05, 0) is 43.0 Å². The summed E-state index contributed by atoms with van der Waals surface area (Å²) in [7, 11) is 0. The van der Waals surface area contributed by atoms with E-state index in [1.54, 1.807) is 23.9 Å². The quantitative estimate of drug-likeness (QED) is 0.207. The van der Waals surface area contributed by atoms with Gasteiger partial charge in [-0.15, -0.1) is 10.2 Å². The third-order valence-electron chi connectivity index (χ3n) is 5.74. The van der Waals surface area contributed by atoms with Crippen molar-refractivity contribution >= 4 is 39.7 Å². The molecule has 1 N–H and O–H groups in total. The van der Waals surface area contributed by atoms with Crippen molar-refractivity contribution in [2.24, 2.45) is 0 Å². The smallest absolute Gasteiger partial charge is 0.219 e. The monoisotopic (exact) mass is 479 g/mol. The number of hydrogen-bond donors (Lipinski definition) is 1. The fourth-order valence-electron chi connectivity index (χ4n) is 3.93. The highest BCUT2D eigenvalue weighted by Crippen LogP contribution is 2.28. The zero-order valence-corrected chi connectivity index (χ0v) is 20.3. The standard InChI is InChI=1S/C26H30FN5OS/c1-2-3-7-16-28-23(33)11-6-8-17-34-26-29-25-24(30-31-26)21-9-4-5-10-22(21)32(25)18-19-12-14-20(27)15-13-19/h4-5,9-10,12-15H,2-3,6-8,11,16-18H2,1H3,(H,28,33). The van der Waals surface area contributed by atoms with Crippen LogP contribution in [-0.2, 0) is 11.3 Å². The van der Waals surface area contributed by atoms with Crippen LogP contribution in [0.15, 0.2) is 53.7 Å². The first kappa shape index (κ1) is 24.1. The summed E-state index contributed by atoms with van der Waals surface area (Å²) in [5, 5.41) is 13.4. The van der Waals surface area contributed by atoms with Crippen LogP contribution in [0.25, 0.3) is 22.1 Å². The molecule has 0 bridgehead atoms. The number of thioether (sulfide) groups is 1. The van der Waals surface area contributed by atoms with E-state index in [1.165, 1.54) is 12.1 Å². The number of halogens is 1. The first-order valence-electron chi connectivity index (χ1n) is 11.9. The largest absolute Gasteiger partial charge is 0.356 e. The molecule has 178 valence electrons. The number of nitrogens with zero attached hydrogens (tertiary/aromatic N) is 4. The molecule has 0 saturated heterocycles. The molecule has 0 spiro atoms. The SMILES string of the molecule is CCCCCNC(=O)CCCCSc1nnc2c3ccccc3n(Cc3ccc(F)cc3)c2n1. The topological polar surface area (TPSA) is 72.7 Å². The van der Waals surface area contributed by atoms with Gasteiger partial charge in [0.05, 0.1) is 5.52 Å². The minimum atomic E-state index is -0.248. The number of nitrogens with one attached hydrogen (secondary N) is 1. The molecular weight excluding hydrogens is 449 g/mol. The summed E-state index contributed by atoms with van der Waals surface area (Å²) in [6.07, 6.45) is 5.65. The predicted octanol–water partition coefficient (Wildman–Crippen LogP) is 5.74. The summed E-state index contributed by atoms with van der Waals surface area (Å²) in [5.74, 6) is 0.711. The van der Waals surface area contributed by atoms with Crippen LogP contribution in [0.4, 0.5) is 4.39 Å². The first-order valence-corrected chi connectivity index (χ1v) is 12.9. The lowest BCUT2D eigenvalue weighted by Gasteiger charge is -2.07. The van der Waals surface area contributed by atoms with Crippen LogP contribution < -0.4 is 5.32 Å². The summed E-state index contributed by atoms with van der Waals surface area (Å²) < 4.78 is 15.5. The second-order valence-corrected chi connectivity index (χ2v) is 9.42. The second kappa shape index (κ2) is 11.9. The second-order valence-electron chi connectivity index (χ2n) is 8.36. The van der Waals surface area contributed by atoms with Gasteiger partial charge < -0.3 is 9.88 Å². The van der Waals surface area contributed by atoms with Crippen molar-refractivity contribution in [1.29, 1.82) is 0 Å². The van der Waals surface area contributed by atoms with E-state index in [9.17, 15) is 9.18 Å². The van der Waals surface area contributed by atoms with E-state index in [1.807, 2.05) is 24.3 Å². The lowest BCUT2D eigenvalue weighted by Crippen LogP contribution is -2.23. The highest BCUT2D eigenvalue weighted by molar-refractivity contribution is 7.99. The van der Waals surface area contributed by atoms with Gasteiger partial charge in [0.1, 0.15) is 11.3 Å². The zero-order valence-electron chi connectivity index (χ0n) is 19.5. The van der Waals surface area contributed by atoms with Crippen LogP contribution in [0.3, 0.4) is 0 Å². The summed E-state index contributed by atoms with van der Waals surface area (Å²) >= 11 is 1.56. The van der Waals surface area contributed by atoms with Crippen LogP contribution in [0.5, 0.6) is 0 Å². The van der Waals surface area contributed by atoms with Crippen molar-refractivity contribution in [3.05, 3.63) is 59.9 Å². The average molecular weight is 480 g/mol. The van der Waals surface area contributed by atoms with E-state index < -0.39 is 0 Å². The Kier molecular flexibility index (Phi) is 8.46. The molecule has 6 nitrogen and oxygen atoms in total. The lowest BCUT2D eigenvalue weighted by molar-refractivity contribution is -0.121. The molecule has 0 atom stereocenters. The van der Waals surface area contributed by atoms with Gasteiger partial charge in [0.2, 0.25) is 11.1 Å². The molecule has 2 aromatic heterocycles. The Morgan fingerprint density at radius 1 is 1.03 bits per heavy atom. The predicted molar refractivity (Wildman–Crippen MR) is 135 cm³/mol. The molecule has 4 rings (SSSR count). The third-order valence-corrected chi connectivity index (χ3v) is 6.66. The van der Waals surface area contributed by atoms with Crippen molar-refractivity contribution in [2.45, 2.75) is 57.1 Å². The first-order chi connectivity index (χ1) is 16.7. The molecule has 34 heavy (non-hydrogen) atoms. The molecule has 0 saturated carbocycles. The van der Waals surface area contributed by atoms with Gasteiger partial charge in [-0.1, -0.05) is 61.9 Å². The number of para-hydroxylation sites is 1. The normalized spacial score (nSPS) is 11.4. The summed E-state index contributed by atoms with van der Waals surface area (Å²) in [4.78, 5) is 16.7. The van der Waals surface area contributed by atoms with Gasteiger partial charge in [0.25, 0.3) is 0 Å². The van der Waals surface area contributed by atoms with Crippen LogP contribution in [-0.4, -0.2) is 38.0 Å². The molecule has 0 radical (unpaired) electrons. The minimum Gasteiger partial charge on any atom is -0.356 e. The van der Waals surface area contributed by atoms with Crippen LogP contribution in [0.1, 0.15) is 51.0 Å². The molecule has 0 aliphatic rings. The lowest BCUT2D eigenvalue weighted by atomic mass is 10.2. The summed E-state index contributed by atoms with van der Waals surface area (Å²) in [5.41, 5.74) is 3.55. The number of carbonyl (C=O) groups is 1. The van der Waals surface area contributed by atoms with Crippen molar-refractivity contribution in [1.82, 2.24) is 25.1 Å². The van der Waals surface area contributed by atoms with E-state index >= 15 is 0 Å². The molecule has 0 unspecified atom stereocenters. The number of carbonyl (C=O) groups excluding carboxylic acids is 1. The highest BCUT2D eigenvalue weighted by atomic mass is 32.2. The van der Waals surface area contributed by atoms with E-state index in [4.69, 9.17) is 4.98 Å². The Balaban J connectivity index is 1.40. The molecule has 1 amide bonds. The van der Waals surface area contributed by atoms with Gasteiger partial charge in [-0.3, -0.25) is 4.79 Å². The molecule has 4 aromatic rings. The maximum Gasteiger partial charge on any atom is 0.219 e. The number of fused-ring (bicyclic) bond motifs is 3. The van der Waals surface area contributed by atoms with Crippen molar-refractivity contribution in [3.8, 4) is 0 Å². The Labute approximate surface area is 203 Å². The molecular formula is C26H30FN5OS. The number of hydrogen-bond acceptors (Lipinski definition) is 5. The van der Waals surface area contributed by atoms with Crippen LogP contribution in [0.2, 0.25) is 0 Å². The number of rotatable bonds is 12. The molecule has 0 fully saturated rings. The third kappa shape index (κ3) is 6.11. The number of unbranched alkanes of at least 4 members (excludes halogenated alkanes) is 3. The number of aromatic nitrogens is 4. The molecule has 0 aliphatic heterocycles. The van der Waals surface area contributed by atoms with E-state index in [0.717, 1.165) is 72.0 Å². The highest BCUT2D eigenvalue weighted by Gasteiger charge is 2.15. The Bertz CT molecular complexity index is 1240. The molecule has 8 heteroatoms. The molecule has 0 aliphatic carbocycles. The Morgan fingerprint density at radius 2 is 1.85 bits per heavy atom. The number of amides is 1. The molecule has 2 aromatic carbocycles. The van der Waals surface area contributed by atoms with Gasteiger partial charge in [0.15, 0.2) is 5.65 Å². The fraction of sp³-hybridized carbons (Fsp3) is 0.385. The number of benzene rings is 2.